The molecular weight excluding hydrogens is 156 g/mol. The molecule has 1 aromatic carbocycles. The van der Waals surface area contributed by atoms with Gasteiger partial charge in [-0.25, -0.2) is 0 Å². The van der Waals surface area contributed by atoms with E-state index < -0.39 is 0 Å². The molecule has 0 heteroatoms. The Labute approximate surface area is 83.0 Å². The van der Waals surface area contributed by atoms with Crippen molar-refractivity contribution in [1.29, 1.82) is 0 Å². The van der Waals surface area contributed by atoms with Crippen LogP contribution in [0.1, 0.15) is 39.7 Å². The predicted molar refractivity (Wildman–Crippen MR) is 60.9 cm³/mol. The molecule has 0 radical (unpaired) electrons. The third-order valence-corrected chi connectivity index (χ3v) is 1.49. The van der Waals surface area contributed by atoms with Crippen molar-refractivity contribution in [2.24, 2.45) is 5.92 Å². The van der Waals surface area contributed by atoms with Crippen LogP contribution in [0.3, 0.4) is 0 Å². The van der Waals surface area contributed by atoms with Crippen LogP contribution < -0.4 is 0 Å². The molecule has 1 aromatic rings. The third kappa shape index (κ3) is 7.58. The van der Waals surface area contributed by atoms with E-state index in [0.29, 0.717) is 0 Å². The van der Waals surface area contributed by atoms with E-state index in [2.05, 4.69) is 58.0 Å². The lowest BCUT2D eigenvalue weighted by atomic mass is 10.0. The molecule has 0 heterocycles. The van der Waals surface area contributed by atoms with Gasteiger partial charge in [0.2, 0.25) is 0 Å². The fourth-order valence-corrected chi connectivity index (χ4v) is 1.09. The Morgan fingerprint density at radius 2 is 1.46 bits per heavy atom. The summed E-state index contributed by atoms with van der Waals surface area (Å²) in [4.78, 5) is 0. The highest BCUT2D eigenvalue weighted by molar-refractivity contribution is 5.14. The fourth-order valence-electron chi connectivity index (χ4n) is 1.09. The van der Waals surface area contributed by atoms with Gasteiger partial charge in [0.1, 0.15) is 0 Å². The van der Waals surface area contributed by atoms with Gasteiger partial charge >= 0.3 is 0 Å². The Bertz CT molecular complexity index is 186. The Hall–Kier alpha value is -0.780. The van der Waals surface area contributed by atoms with Crippen LogP contribution in [0.15, 0.2) is 30.3 Å². The van der Waals surface area contributed by atoms with Crippen LogP contribution in [0.4, 0.5) is 0 Å². The first-order valence-electron chi connectivity index (χ1n) is 5.24. The lowest BCUT2D eigenvalue weighted by Gasteiger charge is -2.02. The van der Waals surface area contributed by atoms with Gasteiger partial charge in [0, 0.05) is 0 Å². The first-order valence-corrected chi connectivity index (χ1v) is 5.24. The molecular formula is C13H22. The van der Waals surface area contributed by atoms with E-state index in [0.717, 1.165) is 5.92 Å². The van der Waals surface area contributed by atoms with E-state index in [1.165, 1.54) is 18.4 Å². The lowest BCUT2D eigenvalue weighted by Crippen LogP contribution is -1.92. The van der Waals surface area contributed by atoms with E-state index in [1.54, 1.807) is 0 Å². The van der Waals surface area contributed by atoms with Crippen LogP contribution in [-0.2, 0) is 6.42 Å². The summed E-state index contributed by atoms with van der Waals surface area (Å²) in [5.74, 6) is 0.766. The van der Waals surface area contributed by atoms with Crippen molar-refractivity contribution in [2.45, 2.75) is 40.5 Å². The highest BCUT2D eigenvalue weighted by Crippen LogP contribution is 2.05. The first kappa shape index (κ1) is 12.2. The van der Waals surface area contributed by atoms with Crippen molar-refractivity contribution in [3.8, 4) is 0 Å². The molecule has 0 aliphatic carbocycles. The molecule has 0 nitrogen and oxygen atoms in total. The molecule has 0 amide bonds. The zero-order valence-corrected chi connectivity index (χ0v) is 9.38. The van der Waals surface area contributed by atoms with E-state index in [4.69, 9.17) is 0 Å². The summed E-state index contributed by atoms with van der Waals surface area (Å²) in [5, 5.41) is 0. The summed E-state index contributed by atoms with van der Waals surface area (Å²) >= 11 is 0. The molecule has 0 spiro atoms. The number of hydrogen-bond acceptors (Lipinski definition) is 0. The molecule has 0 unspecified atom stereocenters. The first-order chi connectivity index (χ1) is 6.20. The van der Waals surface area contributed by atoms with E-state index in [1.807, 2.05) is 0 Å². The van der Waals surface area contributed by atoms with Crippen LogP contribution in [0.25, 0.3) is 0 Å². The van der Waals surface area contributed by atoms with Crippen LogP contribution in [0, 0.1) is 5.92 Å². The zero-order chi connectivity index (χ0) is 10.1. The smallest absolute Gasteiger partial charge is 0.0256 e. The average Bonchev–Trinajstić information content (AvgIpc) is 2.06. The summed E-state index contributed by atoms with van der Waals surface area (Å²) in [5.41, 5.74) is 1.44. The number of rotatable bonds is 2. The third-order valence-electron chi connectivity index (χ3n) is 1.49. The minimum atomic E-state index is 0.766. The summed E-state index contributed by atoms with van der Waals surface area (Å²) in [6.07, 6.45) is 2.45. The van der Waals surface area contributed by atoms with Gasteiger partial charge < -0.3 is 0 Å². The van der Waals surface area contributed by atoms with Gasteiger partial charge in [0.05, 0.1) is 0 Å². The van der Waals surface area contributed by atoms with E-state index >= 15 is 0 Å². The Morgan fingerprint density at radius 1 is 1.00 bits per heavy atom. The average molecular weight is 178 g/mol. The van der Waals surface area contributed by atoms with Crippen molar-refractivity contribution < 1.29 is 0 Å². The van der Waals surface area contributed by atoms with Crippen molar-refractivity contribution in [3.05, 3.63) is 35.9 Å². The maximum Gasteiger partial charge on any atom is -0.0256 e. The van der Waals surface area contributed by atoms with Gasteiger partial charge in [0.25, 0.3) is 0 Å². The molecule has 0 aliphatic rings. The second-order valence-corrected chi connectivity index (χ2v) is 3.79. The topological polar surface area (TPSA) is 0 Å². The van der Waals surface area contributed by atoms with Crippen LogP contribution in [0.2, 0.25) is 0 Å². The summed E-state index contributed by atoms with van der Waals surface area (Å²) in [6.45, 7) is 8.74. The number of benzene rings is 1. The highest BCUT2D eigenvalue weighted by Gasteiger charge is 1.94. The summed E-state index contributed by atoms with van der Waals surface area (Å²) in [7, 11) is 0. The molecule has 1 rings (SSSR count). The van der Waals surface area contributed by atoms with E-state index in [-0.39, 0.29) is 0 Å². The van der Waals surface area contributed by atoms with Gasteiger partial charge in [-0.2, -0.15) is 0 Å². The van der Waals surface area contributed by atoms with Crippen LogP contribution in [0.5, 0.6) is 0 Å². The molecule has 0 atom stereocenters. The molecule has 0 aromatic heterocycles. The normalized spacial score (nSPS) is 9.31. The van der Waals surface area contributed by atoms with Gasteiger partial charge in [-0.3, -0.25) is 0 Å². The molecule has 0 saturated heterocycles. The molecule has 0 aliphatic heterocycles. The van der Waals surface area contributed by atoms with Crippen molar-refractivity contribution in [1.82, 2.24) is 0 Å². The lowest BCUT2D eigenvalue weighted by molar-refractivity contribution is 0.647. The number of hydrogen-bond donors (Lipinski definition) is 0. The van der Waals surface area contributed by atoms with Crippen LogP contribution >= 0.6 is 0 Å². The minimum absolute atomic E-state index is 0.766. The summed E-state index contributed by atoms with van der Waals surface area (Å²) in [6, 6.07) is 10.6. The maximum atomic E-state index is 2.24. The molecule has 13 heavy (non-hydrogen) atoms. The minimum Gasteiger partial charge on any atom is -0.0656 e. The van der Waals surface area contributed by atoms with Crippen molar-refractivity contribution in [3.63, 3.8) is 0 Å². The standard InChI is InChI=1S/C10H14.C3H8/c1-9(2)8-10-6-4-3-5-7-10;1-3-2/h3-7,9H,8H2,1-2H3;3H2,1-2H3. The SMILES string of the molecule is CC(C)Cc1ccccc1.CCC. The quantitative estimate of drug-likeness (QED) is 0.633. The Morgan fingerprint density at radius 3 is 1.85 bits per heavy atom. The van der Waals surface area contributed by atoms with E-state index in [9.17, 15) is 0 Å². The highest BCUT2D eigenvalue weighted by atomic mass is 14.0. The molecule has 74 valence electrons. The fraction of sp³-hybridized carbons (Fsp3) is 0.538. The largest absolute Gasteiger partial charge is 0.0656 e. The molecule has 0 N–H and O–H groups in total. The van der Waals surface area contributed by atoms with Gasteiger partial charge in [-0.15, -0.1) is 0 Å². The van der Waals surface area contributed by atoms with Gasteiger partial charge in [0.15, 0.2) is 0 Å². The Balaban J connectivity index is 0.000000424. The second-order valence-electron chi connectivity index (χ2n) is 3.79. The predicted octanol–water partition coefficient (Wildman–Crippen LogP) is 4.30. The molecule has 0 saturated carbocycles. The van der Waals surface area contributed by atoms with Gasteiger partial charge in [-0.05, 0) is 17.9 Å². The molecule has 0 fully saturated rings. The van der Waals surface area contributed by atoms with Gasteiger partial charge in [-0.1, -0.05) is 64.4 Å². The second kappa shape index (κ2) is 7.85. The summed E-state index contributed by atoms with van der Waals surface area (Å²) < 4.78 is 0. The molecule has 0 bridgehead atoms. The van der Waals surface area contributed by atoms with Crippen molar-refractivity contribution in [2.75, 3.05) is 0 Å². The zero-order valence-electron chi connectivity index (χ0n) is 9.38. The van der Waals surface area contributed by atoms with Crippen LogP contribution in [-0.4, -0.2) is 0 Å². The van der Waals surface area contributed by atoms with Crippen molar-refractivity contribution >= 4 is 0 Å². The maximum absolute atomic E-state index is 2.24. The Kier molecular flexibility index (Phi) is 7.38. The monoisotopic (exact) mass is 178 g/mol.